The van der Waals surface area contributed by atoms with Gasteiger partial charge in [0.15, 0.2) is 11.5 Å². The predicted octanol–water partition coefficient (Wildman–Crippen LogP) is 4.23. The Morgan fingerprint density at radius 3 is 2.54 bits per heavy atom. The lowest BCUT2D eigenvalue weighted by Crippen LogP contribution is -2.11. The molecule has 1 aliphatic heterocycles. The summed E-state index contributed by atoms with van der Waals surface area (Å²) in [6.45, 7) is 4.14. The van der Waals surface area contributed by atoms with Crippen molar-refractivity contribution in [3.05, 3.63) is 63.9 Å². The molecule has 26 heavy (non-hydrogen) atoms. The molecule has 1 aliphatic rings. The number of carbonyl (C=O) groups excluding carboxylic acids is 1. The smallest absolute Gasteiger partial charge is 0.255 e. The Kier molecular flexibility index (Phi) is 4.16. The van der Waals surface area contributed by atoms with Gasteiger partial charge in [-0.15, -0.1) is 0 Å². The van der Waals surface area contributed by atoms with Crippen LogP contribution in [-0.4, -0.2) is 22.5 Å². The minimum Gasteiger partial charge on any atom is -0.454 e. The third-order valence-corrected chi connectivity index (χ3v) is 5.36. The van der Waals surface area contributed by atoms with Crippen LogP contribution in [0.4, 0.5) is 5.69 Å². The van der Waals surface area contributed by atoms with Crippen LogP contribution in [0.25, 0.3) is 5.69 Å². The maximum absolute atomic E-state index is 12.4. The van der Waals surface area contributed by atoms with Gasteiger partial charge in [0.05, 0.1) is 21.5 Å². The average Bonchev–Trinajstić information content (AvgIpc) is 3.22. The number of anilines is 1. The zero-order valence-corrected chi connectivity index (χ0v) is 15.8. The standard InChI is InChI=1S/C19H16BrN3O3/c1-11-18(20)12(2)23(22-11)15-6-4-14(5-7-15)21-19(24)13-3-8-16-17(9-13)26-10-25-16/h3-9H,10H2,1-2H3,(H,21,24). The number of aryl methyl sites for hydroxylation is 1. The maximum atomic E-state index is 12.4. The van der Waals surface area contributed by atoms with Crippen LogP contribution in [-0.2, 0) is 0 Å². The van der Waals surface area contributed by atoms with Crippen molar-refractivity contribution in [3.8, 4) is 17.2 Å². The van der Waals surface area contributed by atoms with Crippen molar-refractivity contribution in [3.63, 3.8) is 0 Å². The van der Waals surface area contributed by atoms with Gasteiger partial charge in [-0.3, -0.25) is 4.79 Å². The van der Waals surface area contributed by atoms with E-state index in [0.29, 0.717) is 22.7 Å². The van der Waals surface area contributed by atoms with Gasteiger partial charge in [0, 0.05) is 11.3 Å². The minimum atomic E-state index is -0.204. The second kappa shape index (κ2) is 6.49. The minimum absolute atomic E-state index is 0.185. The summed E-state index contributed by atoms with van der Waals surface area (Å²) in [6.07, 6.45) is 0. The van der Waals surface area contributed by atoms with E-state index in [9.17, 15) is 4.79 Å². The third-order valence-electron chi connectivity index (χ3n) is 4.21. The number of carbonyl (C=O) groups is 1. The highest BCUT2D eigenvalue weighted by Crippen LogP contribution is 2.32. The first kappa shape index (κ1) is 16.7. The molecule has 1 amide bonds. The summed E-state index contributed by atoms with van der Waals surface area (Å²) in [5, 5.41) is 7.39. The fraction of sp³-hybridized carbons (Fsp3) is 0.158. The molecule has 0 aliphatic carbocycles. The molecule has 2 heterocycles. The lowest BCUT2D eigenvalue weighted by molar-refractivity contribution is 0.102. The third kappa shape index (κ3) is 2.94. The van der Waals surface area contributed by atoms with Crippen molar-refractivity contribution in [1.82, 2.24) is 9.78 Å². The van der Waals surface area contributed by atoms with Crippen molar-refractivity contribution in [1.29, 1.82) is 0 Å². The highest BCUT2D eigenvalue weighted by molar-refractivity contribution is 9.10. The Labute approximate surface area is 158 Å². The van der Waals surface area contributed by atoms with Gasteiger partial charge >= 0.3 is 0 Å². The summed E-state index contributed by atoms with van der Waals surface area (Å²) in [7, 11) is 0. The highest BCUT2D eigenvalue weighted by atomic mass is 79.9. The van der Waals surface area contributed by atoms with Crippen LogP contribution < -0.4 is 14.8 Å². The van der Waals surface area contributed by atoms with E-state index in [1.54, 1.807) is 18.2 Å². The molecule has 7 heteroatoms. The first-order valence-corrected chi connectivity index (χ1v) is 8.85. The van der Waals surface area contributed by atoms with Crippen molar-refractivity contribution in [2.45, 2.75) is 13.8 Å². The fourth-order valence-corrected chi connectivity index (χ4v) is 3.05. The Morgan fingerprint density at radius 1 is 1.12 bits per heavy atom. The average molecular weight is 414 g/mol. The largest absolute Gasteiger partial charge is 0.454 e. The Morgan fingerprint density at radius 2 is 1.85 bits per heavy atom. The number of nitrogens with one attached hydrogen (secondary N) is 1. The molecule has 6 nitrogen and oxygen atoms in total. The lowest BCUT2D eigenvalue weighted by atomic mass is 10.2. The summed E-state index contributed by atoms with van der Waals surface area (Å²) in [5.74, 6) is 1.04. The van der Waals surface area contributed by atoms with E-state index < -0.39 is 0 Å². The van der Waals surface area contributed by atoms with Crippen LogP contribution in [0.2, 0.25) is 0 Å². The quantitative estimate of drug-likeness (QED) is 0.697. The van der Waals surface area contributed by atoms with Gasteiger partial charge in [0.1, 0.15) is 0 Å². The summed E-state index contributed by atoms with van der Waals surface area (Å²) in [6, 6.07) is 12.7. The number of rotatable bonds is 3. The van der Waals surface area contributed by atoms with Crippen LogP contribution in [0.15, 0.2) is 46.9 Å². The van der Waals surface area contributed by atoms with Gasteiger partial charge in [0.25, 0.3) is 5.91 Å². The SMILES string of the molecule is Cc1nn(-c2ccc(NC(=O)c3ccc4c(c3)OCO4)cc2)c(C)c1Br. The lowest BCUT2D eigenvalue weighted by Gasteiger charge is -2.08. The molecule has 0 saturated heterocycles. The predicted molar refractivity (Wildman–Crippen MR) is 101 cm³/mol. The van der Waals surface area contributed by atoms with E-state index in [2.05, 4.69) is 26.3 Å². The highest BCUT2D eigenvalue weighted by Gasteiger charge is 2.16. The van der Waals surface area contributed by atoms with Gasteiger partial charge in [-0.25, -0.2) is 4.68 Å². The number of ether oxygens (including phenoxy) is 2. The van der Waals surface area contributed by atoms with E-state index in [1.807, 2.05) is 42.8 Å². The molecule has 3 aromatic rings. The Hall–Kier alpha value is -2.80. The molecule has 1 N–H and O–H groups in total. The normalized spacial score (nSPS) is 12.3. The van der Waals surface area contributed by atoms with Gasteiger partial charge in [-0.1, -0.05) is 0 Å². The molecular weight excluding hydrogens is 398 g/mol. The molecule has 0 unspecified atom stereocenters. The zero-order valence-electron chi connectivity index (χ0n) is 14.2. The maximum Gasteiger partial charge on any atom is 0.255 e. The van der Waals surface area contributed by atoms with Gasteiger partial charge in [-0.05, 0) is 72.2 Å². The van der Waals surface area contributed by atoms with Crippen LogP contribution in [0.1, 0.15) is 21.7 Å². The second-order valence-corrected chi connectivity index (χ2v) is 6.76. The first-order chi connectivity index (χ1) is 12.5. The summed E-state index contributed by atoms with van der Waals surface area (Å²) >= 11 is 3.53. The van der Waals surface area contributed by atoms with Gasteiger partial charge in [0.2, 0.25) is 6.79 Å². The molecule has 2 aromatic carbocycles. The molecule has 0 radical (unpaired) electrons. The number of nitrogens with zero attached hydrogens (tertiary/aromatic N) is 2. The summed E-state index contributed by atoms with van der Waals surface area (Å²) in [4.78, 5) is 12.4. The molecule has 132 valence electrons. The molecule has 0 spiro atoms. The van der Waals surface area contributed by atoms with E-state index in [0.717, 1.165) is 21.5 Å². The van der Waals surface area contributed by atoms with Crippen LogP contribution in [0.5, 0.6) is 11.5 Å². The topological polar surface area (TPSA) is 65.4 Å². The van der Waals surface area contributed by atoms with Crippen molar-refractivity contribution < 1.29 is 14.3 Å². The van der Waals surface area contributed by atoms with Gasteiger partial charge in [-0.2, -0.15) is 5.10 Å². The van der Waals surface area contributed by atoms with Crippen molar-refractivity contribution in [2.24, 2.45) is 0 Å². The van der Waals surface area contributed by atoms with Crippen LogP contribution >= 0.6 is 15.9 Å². The van der Waals surface area contributed by atoms with E-state index >= 15 is 0 Å². The molecule has 0 saturated carbocycles. The Bertz CT molecular complexity index is 996. The summed E-state index contributed by atoms with van der Waals surface area (Å²) < 4.78 is 13.4. The fourth-order valence-electron chi connectivity index (χ4n) is 2.80. The van der Waals surface area contributed by atoms with Crippen molar-refractivity contribution in [2.75, 3.05) is 12.1 Å². The number of amides is 1. The number of hydrogen-bond acceptors (Lipinski definition) is 4. The molecule has 4 rings (SSSR count). The molecular formula is C19H16BrN3O3. The number of aromatic nitrogens is 2. The monoisotopic (exact) mass is 413 g/mol. The van der Waals surface area contributed by atoms with E-state index in [1.165, 1.54) is 0 Å². The first-order valence-electron chi connectivity index (χ1n) is 8.06. The zero-order chi connectivity index (χ0) is 18.3. The molecule has 0 atom stereocenters. The van der Waals surface area contributed by atoms with E-state index in [-0.39, 0.29) is 12.7 Å². The Balaban J connectivity index is 1.52. The second-order valence-electron chi connectivity index (χ2n) is 5.97. The molecule has 1 aromatic heterocycles. The molecule has 0 fully saturated rings. The van der Waals surface area contributed by atoms with E-state index in [4.69, 9.17) is 9.47 Å². The summed E-state index contributed by atoms with van der Waals surface area (Å²) in [5.41, 5.74) is 4.11. The van der Waals surface area contributed by atoms with Crippen LogP contribution in [0.3, 0.4) is 0 Å². The molecule has 0 bridgehead atoms. The number of hydrogen-bond donors (Lipinski definition) is 1. The number of halogens is 1. The van der Waals surface area contributed by atoms with Crippen LogP contribution in [0, 0.1) is 13.8 Å². The van der Waals surface area contributed by atoms with Crippen molar-refractivity contribution >= 4 is 27.5 Å². The number of fused-ring (bicyclic) bond motifs is 1. The number of benzene rings is 2. The van der Waals surface area contributed by atoms with Gasteiger partial charge < -0.3 is 14.8 Å².